The van der Waals surface area contributed by atoms with Gasteiger partial charge in [-0.05, 0) is 13.3 Å². The average molecular weight is 199 g/mol. The van der Waals surface area contributed by atoms with Gasteiger partial charge in [0, 0.05) is 25.4 Å². The van der Waals surface area contributed by atoms with Gasteiger partial charge in [0.25, 0.3) is 0 Å². The third kappa shape index (κ3) is 2.47. The van der Waals surface area contributed by atoms with Gasteiger partial charge in [-0.2, -0.15) is 0 Å². The second kappa shape index (κ2) is 4.98. The largest absolute Gasteiger partial charge is 0.450 e. The van der Waals surface area contributed by atoms with Crippen LogP contribution in [0.25, 0.3) is 0 Å². The van der Waals surface area contributed by atoms with Crippen molar-refractivity contribution >= 4 is 11.9 Å². The highest BCUT2D eigenvalue weighted by Gasteiger charge is 2.29. The summed E-state index contributed by atoms with van der Waals surface area (Å²) in [6.07, 6.45) is 1.47. The summed E-state index contributed by atoms with van der Waals surface area (Å²) in [6, 6.07) is 0.0373. The minimum atomic E-state index is -0.285. The third-order valence-corrected chi connectivity index (χ3v) is 2.51. The number of Topliss-reactive ketones (excluding diaryl/α,β-unsaturated/α-hetero) is 1. The third-order valence-electron chi connectivity index (χ3n) is 2.51. The Morgan fingerprint density at radius 1 is 1.57 bits per heavy atom. The predicted octanol–water partition coefficient (Wildman–Crippen LogP) is 1.59. The van der Waals surface area contributed by atoms with Crippen LogP contribution in [0.15, 0.2) is 0 Å². The van der Waals surface area contributed by atoms with E-state index in [1.165, 1.54) is 0 Å². The van der Waals surface area contributed by atoms with Crippen LogP contribution in [0.4, 0.5) is 4.79 Å². The minimum Gasteiger partial charge on any atom is -0.450 e. The molecule has 0 aromatic heterocycles. The van der Waals surface area contributed by atoms with E-state index in [9.17, 15) is 9.59 Å². The standard InChI is InChI=1S/C10H17NO3/c1-3-8-7-9(12)5-6-11(8)10(13)14-4-2/h8H,3-7H2,1-2H3/t8-/m1/s1. The molecule has 0 aromatic rings. The van der Waals surface area contributed by atoms with E-state index in [-0.39, 0.29) is 17.9 Å². The van der Waals surface area contributed by atoms with Crippen molar-refractivity contribution in [1.82, 2.24) is 4.90 Å². The molecule has 80 valence electrons. The Bertz CT molecular complexity index is 227. The number of ketones is 1. The molecule has 1 amide bonds. The van der Waals surface area contributed by atoms with Gasteiger partial charge < -0.3 is 9.64 Å². The maximum Gasteiger partial charge on any atom is 0.410 e. The van der Waals surface area contributed by atoms with E-state index in [2.05, 4.69) is 0 Å². The first-order chi connectivity index (χ1) is 6.69. The van der Waals surface area contributed by atoms with Gasteiger partial charge in [-0.15, -0.1) is 0 Å². The van der Waals surface area contributed by atoms with Gasteiger partial charge in [-0.3, -0.25) is 4.79 Å². The molecule has 0 aliphatic carbocycles. The number of amides is 1. The average Bonchev–Trinajstić information content (AvgIpc) is 2.17. The summed E-state index contributed by atoms with van der Waals surface area (Å²) in [7, 11) is 0. The SMILES string of the molecule is CCOC(=O)N1CCC(=O)C[C@H]1CC. The lowest BCUT2D eigenvalue weighted by Crippen LogP contribution is -2.46. The van der Waals surface area contributed by atoms with Crippen molar-refractivity contribution in [2.45, 2.75) is 39.2 Å². The number of nitrogens with zero attached hydrogens (tertiary/aromatic N) is 1. The van der Waals surface area contributed by atoms with E-state index in [1.54, 1.807) is 11.8 Å². The smallest absolute Gasteiger partial charge is 0.410 e. The summed E-state index contributed by atoms with van der Waals surface area (Å²) in [5, 5.41) is 0. The van der Waals surface area contributed by atoms with Crippen molar-refractivity contribution in [2.24, 2.45) is 0 Å². The van der Waals surface area contributed by atoms with E-state index in [1.807, 2.05) is 6.92 Å². The molecule has 1 atom stereocenters. The van der Waals surface area contributed by atoms with Gasteiger partial charge >= 0.3 is 6.09 Å². The fourth-order valence-corrected chi connectivity index (χ4v) is 1.71. The molecule has 0 N–H and O–H groups in total. The molecule has 14 heavy (non-hydrogen) atoms. The quantitative estimate of drug-likeness (QED) is 0.678. The van der Waals surface area contributed by atoms with Crippen LogP contribution in [0.2, 0.25) is 0 Å². The number of hydrogen-bond donors (Lipinski definition) is 0. The molecule has 4 nitrogen and oxygen atoms in total. The Kier molecular flexibility index (Phi) is 3.92. The molecule has 0 unspecified atom stereocenters. The van der Waals surface area contributed by atoms with Crippen molar-refractivity contribution in [2.75, 3.05) is 13.2 Å². The normalized spacial score (nSPS) is 22.3. The van der Waals surface area contributed by atoms with Crippen LogP contribution in [0.5, 0.6) is 0 Å². The highest BCUT2D eigenvalue weighted by molar-refractivity contribution is 5.82. The maximum absolute atomic E-state index is 11.5. The van der Waals surface area contributed by atoms with Crippen LogP contribution >= 0.6 is 0 Å². The highest BCUT2D eigenvalue weighted by atomic mass is 16.6. The second-order valence-corrected chi connectivity index (χ2v) is 3.45. The zero-order chi connectivity index (χ0) is 10.6. The van der Waals surface area contributed by atoms with E-state index >= 15 is 0 Å². The first-order valence-electron chi connectivity index (χ1n) is 5.14. The van der Waals surface area contributed by atoms with Crippen molar-refractivity contribution in [3.63, 3.8) is 0 Å². The summed E-state index contributed by atoms with van der Waals surface area (Å²) in [5.74, 6) is 0.248. The van der Waals surface area contributed by atoms with Gasteiger partial charge in [0.1, 0.15) is 5.78 Å². The summed E-state index contributed by atoms with van der Waals surface area (Å²) in [4.78, 5) is 24.3. The van der Waals surface area contributed by atoms with Crippen LogP contribution in [-0.2, 0) is 9.53 Å². The fraction of sp³-hybridized carbons (Fsp3) is 0.800. The zero-order valence-electron chi connectivity index (χ0n) is 8.78. The van der Waals surface area contributed by atoms with Crippen LogP contribution < -0.4 is 0 Å². The number of carbonyl (C=O) groups is 2. The predicted molar refractivity (Wildman–Crippen MR) is 52.0 cm³/mol. The summed E-state index contributed by atoms with van der Waals surface area (Å²) in [5.41, 5.74) is 0. The molecule has 4 heteroatoms. The minimum absolute atomic E-state index is 0.0373. The number of ether oxygens (including phenoxy) is 1. The first kappa shape index (κ1) is 11.0. The fourth-order valence-electron chi connectivity index (χ4n) is 1.71. The van der Waals surface area contributed by atoms with Gasteiger partial charge in [0.15, 0.2) is 0 Å². The lowest BCUT2D eigenvalue weighted by molar-refractivity contribution is -0.122. The number of hydrogen-bond acceptors (Lipinski definition) is 3. The zero-order valence-corrected chi connectivity index (χ0v) is 8.78. The molecule has 1 fully saturated rings. The van der Waals surface area contributed by atoms with E-state index < -0.39 is 0 Å². The molecule has 1 aliphatic rings. The molecule has 0 aromatic carbocycles. The summed E-state index contributed by atoms with van der Waals surface area (Å²) in [6.45, 7) is 4.67. The Balaban J connectivity index is 2.57. The summed E-state index contributed by atoms with van der Waals surface area (Å²) < 4.78 is 4.92. The number of rotatable bonds is 2. The van der Waals surface area contributed by atoms with E-state index in [0.717, 1.165) is 6.42 Å². The van der Waals surface area contributed by atoms with Crippen molar-refractivity contribution in [3.05, 3.63) is 0 Å². The highest BCUT2D eigenvalue weighted by Crippen LogP contribution is 2.17. The Morgan fingerprint density at radius 3 is 2.86 bits per heavy atom. The molecular weight excluding hydrogens is 182 g/mol. The molecule has 0 bridgehead atoms. The monoisotopic (exact) mass is 199 g/mol. The van der Waals surface area contributed by atoms with Crippen molar-refractivity contribution in [3.8, 4) is 0 Å². The van der Waals surface area contributed by atoms with Crippen molar-refractivity contribution in [1.29, 1.82) is 0 Å². The van der Waals surface area contributed by atoms with E-state index in [0.29, 0.717) is 26.0 Å². The molecule has 0 spiro atoms. The van der Waals surface area contributed by atoms with Gasteiger partial charge in [0.2, 0.25) is 0 Å². The van der Waals surface area contributed by atoms with Crippen molar-refractivity contribution < 1.29 is 14.3 Å². The molecule has 1 saturated heterocycles. The number of carbonyl (C=O) groups excluding carboxylic acids is 2. The van der Waals surface area contributed by atoms with Gasteiger partial charge in [0.05, 0.1) is 6.61 Å². The molecule has 0 saturated carbocycles. The Morgan fingerprint density at radius 2 is 2.29 bits per heavy atom. The molecule has 1 rings (SSSR count). The van der Waals surface area contributed by atoms with Gasteiger partial charge in [-0.25, -0.2) is 4.79 Å². The van der Waals surface area contributed by atoms with Crippen LogP contribution in [0, 0.1) is 0 Å². The van der Waals surface area contributed by atoms with E-state index in [4.69, 9.17) is 4.74 Å². The second-order valence-electron chi connectivity index (χ2n) is 3.45. The van der Waals surface area contributed by atoms with Gasteiger partial charge in [-0.1, -0.05) is 6.92 Å². The number of piperidine rings is 1. The first-order valence-corrected chi connectivity index (χ1v) is 5.14. The lowest BCUT2D eigenvalue weighted by Gasteiger charge is -2.33. The summed E-state index contributed by atoms with van der Waals surface area (Å²) >= 11 is 0. The Hall–Kier alpha value is -1.06. The molecule has 1 aliphatic heterocycles. The van der Waals surface area contributed by atoms with Crippen LogP contribution in [0.3, 0.4) is 0 Å². The Labute approximate surface area is 84.2 Å². The maximum atomic E-state index is 11.5. The van der Waals surface area contributed by atoms with Crippen LogP contribution in [0.1, 0.15) is 33.1 Å². The molecule has 0 radical (unpaired) electrons. The molecule has 1 heterocycles. The molecular formula is C10H17NO3. The number of likely N-dealkylation sites (tertiary alicyclic amines) is 1. The van der Waals surface area contributed by atoms with Crippen LogP contribution in [-0.4, -0.2) is 36.0 Å². The lowest BCUT2D eigenvalue weighted by atomic mass is 9.99. The topological polar surface area (TPSA) is 46.6 Å².